The molecule has 0 unspecified atom stereocenters. The molecule has 6 nitrogen and oxygen atoms in total. The quantitative estimate of drug-likeness (QED) is 0.291. The number of carbonyl (C=O) groups excluding carboxylic acids is 1. The number of aromatic nitrogens is 3. The minimum atomic E-state index is -0.378. The molecule has 0 fully saturated rings. The van der Waals surface area contributed by atoms with E-state index in [2.05, 4.69) is 34.1 Å². The number of urea groups is 1. The lowest BCUT2D eigenvalue weighted by molar-refractivity contribution is 0.194. The summed E-state index contributed by atoms with van der Waals surface area (Å²) in [5.74, 6) is 0.549. The summed E-state index contributed by atoms with van der Waals surface area (Å²) in [4.78, 5) is 15.8. The molecule has 1 atom stereocenters. The third kappa shape index (κ3) is 4.06. The van der Waals surface area contributed by atoms with E-state index in [-0.39, 0.29) is 17.9 Å². The van der Waals surface area contributed by atoms with Crippen molar-refractivity contribution in [2.24, 2.45) is 0 Å². The lowest BCUT2D eigenvalue weighted by atomic mass is 10.0. The highest BCUT2D eigenvalue weighted by Crippen LogP contribution is 2.38. The second kappa shape index (κ2) is 9.34. The molecule has 3 aromatic carbocycles. The molecule has 2 aromatic heterocycles. The van der Waals surface area contributed by atoms with Gasteiger partial charge in [-0.25, -0.2) is 13.9 Å². The summed E-state index contributed by atoms with van der Waals surface area (Å²) in [5.41, 5.74) is 6.74. The van der Waals surface area contributed by atoms with E-state index in [1.165, 1.54) is 6.07 Å². The molecule has 6 rings (SSSR count). The SMILES string of the molecule is Cc1ccc([C@@H]2c3cccn3-c3c(c(C)nn3-c3ccccc3)CN2C(=O)Nc2ccc(C)c(F)c2)cc1. The van der Waals surface area contributed by atoms with E-state index in [1.54, 1.807) is 19.1 Å². The first-order valence-electron chi connectivity index (χ1n) is 12.6. The Bertz CT molecular complexity index is 1640. The molecule has 0 radical (unpaired) electrons. The van der Waals surface area contributed by atoms with E-state index in [0.29, 0.717) is 17.8 Å². The average molecular weight is 506 g/mol. The Hall–Kier alpha value is -4.65. The first kappa shape index (κ1) is 23.7. The van der Waals surface area contributed by atoms with E-state index in [1.807, 2.05) is 72.1 Å². The van der Waals surface area contributed by atoms with E-state index in [4.69, 9.17) is 5.10 Å². The van der Waals surface area contributed by atoms with Gasteiger partial charge in [0.2, 0.25) is 0 Å². The number of para-hydroxylation sites is 1. The van der Waals surface area contributed by atoms with Crippen LogP contribution in [0.3, 0.4) is 0 Å². The molecule has 7 heteroatoms. The van der Waals surface area contributed by atoms with Gasteiger partial charge < -0.3 is 14.8 Å². The number of halogens is 1. The predicted octanol–water partition coefficient (Wildman–Crippen LogP) is 6.86. The fourth-order valence-corrected chi connectivity index (χ4v) is 5.11. The molecule has 0 saturated carbocycles. The Kier molecular flexibility index (Phi) is 5.83. The Morgan fingerprint density at radius 3 is 2.45 bits per heavy atom. The van der Waals surface area contributed by atoms with Crippen molar-refractivity contribution in [3.63, 3.8) is 0 Å². The first-order valence-corrected chi connectivity index (χ1v) is 12.6. The van der Waals surface area contributed by atoms with Crippen LogP contribution in [0.1, 0.15) is 39.7 Å². The van der Waals surface area contributed by atoms with Crippen molar-refractivity contribution in [1.82, 2.24) is 19.2 Å². The highest BCUT2D eigenvalue weighted by atomic mass is 19.1. The molecule has 2 amide bonds. The number of nitrogens with one attached hydrogen (secondary N) is 1. The summed E-state index contributed by atoms with van der Waals surface area (Å²) in [7, 11) is 0. The summed E-state index contributed by atoms with van der Waals surface area (Å²) in [6.45, 7) is 6.04. The molecule has 190 valence electrons. The van der Waals surface area contributed by atoms with Crippen LogP contribution < -0.4 is 5.32 Å². The largest absolute Gasteiger partial charge is 0.322 e. The van der Waals surface area contributed by atoms with Gasteiger partial charge in [-0.05, 0) is 68.3 Å². The van der Waals surface area contributed by atoms with E-state index >= 15 is 0 Å². The number of anilines is 1. The van der Waals surface area contributed by atoms with E-state index < -0.39 is 0 Å². The van der Waals surface area contributed by atoms with Gasteiger partial charge in [0.05, 0.1) is 29.7 Å². The topological polar surface area (TPSA) is 55.1 Å². The third-order valence-electron chi connectivity index (χ3n) is 7.16. The fourth-order valence-electron chi connectivity index (χ4n) is 5.11. The molecule has 1 aliphatic rings. The lowest BCUT2D eigenvalue weighted by Gasteiger charge is -2.31. The van der Waals surface area contributed by atoms with Gasteiger partial charge in [-0.15, -0.1) is 0 Å². The molecule has 0 saturated heterocycles. The zero-order valence-corrected chi connectivity index (χ0v) is 21.5. The van der Waals surface area contributed by atoms with Crippen LogP contribution in [-0.4, -0.2) is 25.3 Å². The normalized spacial score (nSPS) is 14.5. The summed E-state index contributed by atoms with van der Waals surface area (Å²) in [6, 6.07) is 26.3. The van der Waals surface area contributed by atoms with Gasteiger partial charge in [-0.3, -0.25) is 0 Å². The zero-order chi connectivity index (χ0) is 26.4. The van der Waals surface area contributed by atoms with Gasteiger partial charge in [0.25, 0.3) is 0 Å². The average Bonchev–Trinajstić information content (AvgIpc) is 3.48. The summed E-state index contributed by atoms with van der Waals surface area (Å²) < 4.78 is 18.4. The summed E-state index contributed by atoms with van der Waals surface area (Å²) >= 11 is 0. The predicted molar refractivity (Wildman–Crippen MR) is 146 cm³/mol. The number of benzene rings is 3. The van der Waals surface area contributed by atoms with Crippen molar-refractivity contribution in [2.45, 2.75) is 33.4 Å². The van der Waals surface area contributed by atoms with Crippen molar-refractivity contribution in [3.05, 3.63) is 131 Å². The number of carbonyl (C=O) groups is 1. The van der Waals surface area contributed by atoms with Gasteiger partial charge in [0.15, 0.2) is 0 Å². The van der Waals surface area contributed by atoms with Crippen molar-refractivity contribution < 1.29 is 9.18 Å². The number of rotatable bonds is 3. The Morgan fingerprint density at radius 2 is 1.71 bits per heavy atom. The van der Waals surface area contributed by atoms with Crippen molar-refractivity contribution in [3.8, 4) is 11.5 Å². The molecule has 0 spiro atoms. The minimum absolute atomic E-state index is 0.314. The van der Waals surface area contributed by atoms with Crippen LogP contribution >= 0.6 is 0 Å². The number of hydrogen-bond acceptors (Lipinski definition) is 2. The second-order valence-corrected chi connectivity index (χ2v) is 9.77. The maximum Gasteiger partial charge on any atom is 0.322 e. The van der Waals surface area contributed by atoms with Gasteiger partial charge in [0.1, 0.15) is 11.6 Å². The molecule has 0 bridgehead atoms. The van der Waals surface area contributed by atoms with Gasteiger partial charge >= 0.3 is 6.03 Å². The molecule has 5 aromatic rings. The first-order chi connectivity index (χ1) is 18.4. The maximum atomic E-state index is 14.3. The Morgan fingerprint density at radius 1 is 0.947 bits per heavy atom. The second-order valence-electron chi connectivity index (χ2n) is 9.77. The number of amides is 2. The number of nitrogens with zero attached hydrogens (tertiary/aromatic N) is 4. The highest BCUT2D eigenvalue weighted by molar-refractivity contribution is 5.90. The standard InChI is InChI=1S/C31H28FN5O/c1-20-11-14-23(15-12-20)29-28-10-7-17-35(28)30-26(22(3)34-37(30)25-8-5-4-6-9-25)19-36(29)31(38)33-24-16-13-21(2)27(32)18-24/h4-18,29H,19H2,1-3H3,(H,33,38)/t29-/m1/s1. The maximum absolute atomic E-state index is 14.3. The van der Waals surface area contributed by atoms with Crippen LogP contribution in [0.25, 0.3) is 11.5 Å². The number of hydrogen-bond donors (Lipinski definition) is 1. The Balaban J connectivity index is 1.52. The van der Waals surface area contributed by atoms with Gasteiger partial charge in [-0.1, -0.05) is 54.1 Å². The molecule has 38 heavy (non-hydrogen) atoms. The van der Waals surface area contributed by atoms with Crippen LogP contribution in [0, 0.1) is 26.6 Å². The van der Waals surface area contributed by atoms with Crippen molar-refractivity contribution in [1.29, 1.82) is 0 Å². The molecule has 3 heterocycles. The molecule has 0 aliphatic carbocycles. The van der Waals surface area contributed by atoms with Crippen molar-refractivity contribution >= 4 is 11.7 Å². The molecular weight excluding hydrogens is 477 g/mol. The minimum Gasteiger partial charge on any atom is -0.308 e. The summed E-state index contributed by atoms with van der Waals surface area (Å²) in [5, 5.41) is 7.82. The van der Waals surface area contributed by atoms with E-state index in [9.17, 15) is 9.18 Å². The van der Waals surface area contributed by atoms with Gasteiger partial charge in [0, 0.05) is 17.4 Å². The van der Waals surface area contributed by atoms with Gasteiger partial charge in [-0.2, -0.15) is 5.10 Å². The lowest BCUT2D eigenvalue weighted by Crippen LogP contribution is -2.38. The smallest absolute Gasteiger partial charge is 0.308 e. The molecule has 1 N–H and O–H groups in total. The zero-order valence-electron chi connectivity index (χ0n) is 21.5. The number of fused-ring (bicyclic) bond motifs is 3. The molecule has 1 aliphatic heterocycles. The Labute approximate surface area is 221 Å². The fraction of sp³-hybridized carbons (Fsp3) is 0.161. The molecular formula is C31H28FN5O. The number of aryl methyl sites for hydroxylation is 3. The van der Waals surface area contributed by atoms with Crippen molar-refractivity contribution in [2.75, 3.05) is 5.32 Å². The van der Waals surface area contributed by atoms with Crippen LogP contribution in [0.15, 0.2) is 91.1 Å². The summed E-state index contributed by atoms with van der Waals surface area (Å²) in [6.07, 6.45) is 2.02. The van der Waals surface area contributed by atoms with Crippen LogP contribution in [0.5, 0.6) is 0 Å². The van der Waals surface area contributed by atoms with E-state index in [0.717, 1.165) is 39.6 Å². The monoisotopic (exact) mass is 505 g/mol. The highest BCUT2D eigenvalue weighted by Gasteiger charge is 2.36. The van der Waals surface area contributed by atoms with Crippen LogP contribution in [0.4, 0.5) is 14.9 Å². The van der Waals surface area contributed by atoms with Crippen LogP contribution in [-0.2, 0) is 6.54 Å². The third-order valence-corrected chi connectivity index (χ3v) is 7.16. The van der Waals surface area contributed by atoms with Crippen LogP contribution in [0.2, 0.25) is 0 Å².